The van der Waals surface area contributed by atoms with Crippen LogP contribution in [0.5, 0.6) is 0 Å². The molecule has 2 rings (SSSR count). The Morgan fingerprint density at radius 2 is 2.05 bits per heavy atom. The number of thiocarbonyl (C=S) groups is 1. The van der Waals surface area contributed by atoms with E-state index in [1.54, 1.807) is 0 Å². The molecule has 0 bridgehead atoms. The fraction of sp³-hybridized carbons (Fsp3) is 0.533. The first-order chi connectivity index (χ1) is 8.95. The van der Waals surface area contributed by atoms with E-state index >= 15 is 0 Å². The molecular weight excluding hydrogens is 276 g/mol. The second-order valence-corrected chi connectivity index (χ2v) is 6.47. The van der Waals surface area contributed by atoms with E-state index in [9.17, 15) is 0 Å². The molecule has 1 aromatic rings. The van der Waals surface area contributed by atoms with Gasteiger partial charge in [-0.3, -0.25) is 0 Å². The molecule has 2 N–H and O–H groups in total. The Kier molecular flexibility index (Phi) is 4.69. The van der Waals surface area contributed by atoms with Crippen molar-refractivity contribution in [3.63, 3.8) is 0 Å². The number of aryl methyl sites for hydroxylation is 2. The number of halogens is 1. The lowest BCUT2D eigenvalue weighted by molar-refractivity contribution is 0.572. The molecule has 1 saturated carbocycles. The van der Waals surface area contributed by atoms with Crippen molar-refractivity contribution in [1.82, 2.24) is 5.32 Å². The highest BCUT2D eigenvalue weighted by atomic mass is 35.5. The standard InChI is InChI=1S/C15H21ClN2S/c1-9-4-5-12(7-9)17-15(19)18-14-11(3)6-10(2)8-13(14)16/h6,8-9,12H,4-5,7H2,1-3H3,(H2,17,18,19). The van der Waals surface area contributed by atoms with Gasteiger partial charge in [-0.2, -0.15) is 0 Å². The summed E-state index contributed by atoms with van der Waals surface area (Å²) in [4.78, 5) is 0. The maximum absolute atomic E-state index is 6.27. The SMILES string of the molecule is Cc1cc(C)c(NC(=S)NC2CCC(C)C2)c(Cl)c1. The summed E-state index contributed by atoms with van der Waals surface area (Å²) < 4.78 is 0. The van der Waals surface area contributed by atoms with Crippen LogP contribution < -0.4 is 10.6 Å². The fourth-order valence-corrected chi connectivity index (χ4v) is 3.38. The lowest BCUT2D eigenvalue weighted by atomic mass is 10.1. The molecule has 2 atom stereocenters. The Hall–Kier alpha value is -0.800. The summed E-state index contributed by atoms with van der Waals surface area (Å²) in [6.07, 6.45) is 3.68. The summed E-state index contributed by atoms with van der Waals surface area (Å²) in [5.41, 5.74) is 3.20. The van der Waals surface area contributed by atoms with Crippen LogP contribution in [0.1, 0.15) is 37.3 Å². The third-order valence-corrected chi connectivity index (χ3v) is 4.22. The summed E-state index contributed by atoms with van der Waals surface area (Å²) >= 11 is 11.7. The summed E-state index contributed by atoms with van der Waals surface area (Å²) in [6, 6.07) is 4.56. The minimum Gasteiger partial charge on any atom is -0.360 e. The molecule has 104 valence electrons. The van der Waals surface area contributed by atoms with Crippen LogP contribution in [0.4, 0.5) is 5.69 Å². The van der Waals surface area contributed by atoms with Crippen LogP contribution in [0.25, 0.3) is 0 Å². The molecule has 0 saturated heterocycles. The molecule has 0 spiro atoms. The molecule has 0 aromatic heterocycles. The fourth-order valence-electron chi connectivity index (χ4n) is 2.75. The monoisotopic (exact) mass is 296 g/mol. The first-order valence-electron chi connectivity index (χ1n) is 6.80. The van der Waals surface area contributed by atoms with Crippen molar-refractivity contribution in [2.75, 3.05) is 5.32 Å². The van der Waals surface area contributed by atoms with E-state index in [4.69, 9.17) is 23.8 Å². The van der Waals surface area contributed by atoms with Crippen molar-refractivity contribution < 1.29 is 0 Å². The van der Waals surface area contributed by atoms with Gasteiger partial charge in [-0.15, -0.1) is 0 Å². The van der Waals surface area contributed by atoms with Gasteiger partial charge < -0.3 is 10.6 Å². The van der Waals surface area contributed by atoms with Gasteiger partial charge in [-0.1, -0.05) is 24.6 Å². The normalized spacial score (nSPS) is 22.3. The van der Waals surface area contributed by atoms with Crippen LogP contribution in [-0.4, -0.2) is 11.2 Å². The van der Waals surface area contributed by atoms with Crippen molar-refractivity contribution in [2.45, 2.75) is 46.1 Å². The lowest BCUT2D eigenvalue weighted by Crippen LogP contribution is -2.36. The molecule has 1 aliphatic rings. The number of rotatable bonds is 2. The van der Waals surface area contributed by atoms with Gasteiger partial charge in [0, 0.05) is 6.04 Å². The van der Waals surface area contributed by atoms with Crippen molar-refractivity contribution in [1.29, 1.82) is 0 Å². The Bertz CT molecular complexity index is 464. The number of anilines is 1. The van der Waals surface area contributed by atoms with Crippen LogP contribution in [0.3, 0.4) is 0 Å². The lowest BCUT2D eigenvalue weighted by Gasteiger charge is -2.18. The summed E-state index contributed by atoms with van der Waals surface area (Å²) in [6.45, 7) is 6.37. The Morgan fingerprint density at radius 3 is 2.63 bits per heavy atom. The summed E-state index contributed by atoms with van der Waals surface area (Å²) in [5.74, 6) is 0.796. The summed E-state index contributed by atoms with van der Waals surface area (Å²) in [5, 5.41) is 8.02. The third kappa shape index (κ3) is 3.83. The van der Waals surface area contributed by atoms with Crippen molar-refractivity contribution in [3.8, 4) is 0 Å². The average Bonchev–Trinajstić information content (AvgIpc) is 2.69. The second kappa shape index (κ2) is 6.10. The molecule has 1 aliphatic carbocycles. The Balaban J connectivity index is 1.99. The highest BCUT2D eigenvalue weighted by Gasteiger charge is 2.21. The van der Waals surface area contributed by atoms with Crippen LogP contribution in [0.15, 0.2) is 12.1 Å². The van der Waals surface area contributed by atoms with Crippen LogP contribution in [-0.2, 0) is 0 Å². The Morgan fingerprint density at radius 1 is 1.32 bits per heavy atom. The zero-order valence-electron chi connectivity index (χ0n) is 11.7. The van der Waals surface area contributed by atoms with Crippen LogP contribution in [0.2, 0.25) is 5.02 Å². The predicted octanol–water partition coefficient (Wildman–Crippen LogP) is 4.43. The summed E-state index contributed by atoms with van der Waals surface area (Å²) in [7, 11) is 0. The minimum absolute atomic E-state index is 0.500. The van der Waals surface area contributed by atoms with E-state index in [1.165, 1.54) is 19.3 Å². The zero-order valence-corrected chi connectivity index (χ0v) is 13.3. The van der Waals surface area contributed by atoms with E-state index in [0.29, 0.717) is 11.2 Å². The van der Waals surface area contributed by atoms with Gasteiger partial charge in [0.1, 0.15) is 0 Å². The zero-order chi connectivity index (χ0) is 14.0. The van der Waals surface area contributed by atoms with Crippen molar-refractivity contribution >= 4 is 34.6 Å². The quantitative estimate of drug-likeness (QED) is 0.789. The molecule has 0 radical (unpaired) electrons. The molecule has 0 aliphatic heterocycles. The highest BCUT2D eigenvalue weighted by molar-refractivity contribution is 7.80. The molecule has 1 aromatic carbocycles. The molecular formula is C15H21ClN2S. The number of hydrogen-bond donors (Lipinski definition) is 2. The first-order valence-corrected chi connectivity index (χ1v) is 7.58. The predicted molar refractivity (Wildman–Crippen MR) is 87.1 cm³/mol. The van der Waals surface area contributed by atoms with E-state index in [-0.39, 0.29) is 0 Å². The smallest absolute Gasteiger partial charge is 0.171 e. The van der Waals surface area contributed by atoms with Gasteiger partial charge >= 0.3 is 0 Å². The van der Waals surface area contributed by atoms with E-state index in [1.807, 2.05) is 19.9 Å². The topological polar surface area (TPSA) is 24.1 Å². The van der Waals surface area contributed by atoms with E-state index in [0.717, 1.165) is 27.8 Å². The van der Waals surface area contributed by atoms with Gasteiger partial charge in [0.15, 0.2) is 5.11 Å². The number of nitrogens with one attached hydrogen (secondary N) is 2. The highest BCUT2D eigenvalue weighted by Crippen LogP contribution is 2.28. The molecule has 4 heteroatoms. The Labute approximate surface area is 125 Å². The maximum Gasteiger partial charge on any atom is 0.171 e. The number of hydrogen-bond acceptors (Lipinski definition) is 1. The van der Waals surface area contributed by atoms with Gasteiger partial charge in [0.25, 0.3) is 0 Å². The second-order valence-electron chi connectivity index (χ2n) is 5.65. The van der Waals surface area contributed by atoms with Gasteiger partial charge in [0.2, 0.25) is 0 Å². The van der Waals surface area contributed by atoms with Gasteiger partial charge in [-0.25, -0.2) is 0 Å². The largest absolute Gasteiger partial charge is 0.360 e. The van der Waals surface area contributed by atoms with Crippen molar-refractivity contribution in [2.24, 2.45) is 5.92 Å². The molecule has 19 heavy (non-hydrogen) atoms. The van der Waals surface area contributed by atoms with E-state index in [2.05, 4.69) is 23.6 Å². The third-order valence-electron chi connectivity index (χ3n) is 3.70. The number of benzene rings is 1. The van der Waals surface area contributed by atoms with E-state index < -0.39 is 0 Å². The molecule has 0 heterocycles. The first kappa shape index (κ1) is 14.6. The molecule has 2 unspecified atom stereocenters. The van der Waals surface area contributed by atoms with Crippen LogP contribution in [0, 0.1) is 19.8 Å². The molecule has 1 fully saturated rings. The van der Waals surface area contributed by atoms with Gasteiger partial charge in [0.05, 0.1) is 10.7 Å². The molecule has 2 nitrogen and oxygen atoms in total. The van der Waals surface area contributed by atoms with Crippen molar-refractivity contribution in [3.05, 3.63) is 28.3 Å². The van der Waals surface area contributed by atoms with Crippen LogP contribution >= 0.6 is 23.8 Å². The average molecular weight is 297 g/mol. The maximum atomic E-state index is 6.27. The minimum atomic E-state index is 0.500. The van der Waals surface area contributed by atoms with Gasteiger partial charge in [-0.05, 0) is 68.4 Å². The molecule has 0 amide bonds.